The lowest BCUT2D eigenvalue weighted by Crippen LogP contribution is -2.36. The predicted molar refractivity (Wildman–Crippen MR) is 98.3 cm³/mol. The Labute approximate surface area is 152 Å². The highest BCUT2D eigenvalue weighted by atomic mass is 16.5. The predicted octanol–water partition coefficient (Wildman–Crippen LogP) is 2.85. The van der Waals surface area contributed by atoms with Crippen LogP contribution in [0.15, 0.2) is 36.6 Å². The first-order valence-corrected chi connectivity index (χ1v) is 8.25. The highest BCUT2D eigenvalue weighted by Crippen LogP contribution is 2.31. The summed E-state index contributed by atoms with van der Waals surface area (Å²) in [5, 5.41) is 12.1. The molecule has 0 saturated carbocycles. The number of nitrogens with zero attached hydrogens (tertiary/aromatic N) is 1. The molecule has 7 heteroatoms. The van der Waals surface area contributed by atoms with Gasteiger partial charge in [-0.3, -0.25) is 10.1 Å². The van der Waals surface area contributed by atoms with E-state index in [0.717, 1.165) is 11.1 Å². The van der Waals surface area contributed by atoms with Crippen LogP contribution in [0.1, 0.15) is 29.3 Å². The number of anilines is 1. The lowest BCUT2D eigenvalue weighted by molar-refractivity contribution is 0.0732. The van der Waals surface area contributed by atoms with Crippen LogP contribution in [0, 0.1) is 6.92 Å². The largest absolute Gasteiger partial charge is 0.496 e. The number of nitrogens with one attached hydrogen (secondary N) is 1. The molecule has 1 aliphatic rings. The van der Waals surface area contributed by atoms with Gasteiger partial charge < -0.3 is 19.5 Å². The third-order valence-electron chi connectivity index (χ3n) is 4.09. The summed E-state index contributed by atoms with van der Waals surface area (Å²) in [6, 6.07) is 2.91. The molecule has 0 spiro atoms. The number of ether oxygens (including phenoxy) is 2. The van der Waals surface area contributed by atoms with Crippen LogP contribution in [0.5, 0.6) is 5.75 Å². The molecule has 0 saturated heterocycles. The van der Waals surface area contributed by atoms with Gasteiger partial charge in [0.1, 0.15) is 12.4 Å². The number of carbonyl (C=O) groups excluding carboxylic acids is 2. The van der Waals surface area contributed by atoms with Gasteiger partial charge in [-0.25, -0.2) is 4.79 Å². The van der Waals surface area contributed by atoms with E-state index in [1.807, 2.05) is 13.8 Å². The molecule has 2 N–H and O–H groups in total. The number of carbonyl (C=O) groups is 2. The van der Waals surface area contributed by atoms with Gasteiger partial charge in [0.25, 0.3) is 5.91 Å². The van der Waals surface area contributed by atoms with Gasteiger partial charge in [0.15, 0.2) is 0 Å². The Bertz CT molecular complexity index is 742. The molecule has 7 nitrogen and oxygen atoms in total. The average Bonchev–Trinajstić information content (AvgIpc) is 3.00. The van der Waals surface area contributed by atoms with Crippen molar-refractivity contribution in [2.75, 3.05) is 25.6 Å². The first-order valence-electron chi connectivity index (χ1n) is 8.25. The molecule has 1 heterocycles. The summed E-state index contributed by atoms with van der Waals surface area (Å²) in [4.78, 5) is 26.5. The van der Waals surface area contributed by atoms with Crippen LogP contribution in [0.25, 0.3) is 0 Å². The molecule has 1 aromatic rings. The van der Waals surface area contributed by atoms with Crippen LogP contribution in [0.2, 0.25) is 0 Å². The number of benzene rings is 1. The number of methoxy groups -OCH3 is 1. The van der Waals surface area contributed by atoms with Gasteiger partial charge in [-0.2, -0.15) is 0 Å². The van der Waals surface area contributed by atoms with Crippen molar-refractivity contribution in [3.63, 3.8) is 0 Å². The summed E-state index contributed by atoms with van der Waals surface area (Å²) in [7, 11) is 1.51. The number of hydrogen-bond acceptors (Lipinski definition) is 5. The fourth-order valence-electron chi connectivity index (χ4n) is 2.85. The Balaban J connectivity index is 2.39. The minimum atomic E-state index is -0.685. The van der Waals surface area contributed by atoms with E-state index >= 15 is 0 Å². The molecule has 0 aromatic heterocycles. The van der Waals surface area contributed by atoms with E-state index in [9.17, 15) is 14.7 Å². The average molecular weight is 360 g/mol. The van der Waals surface area contributed by atoms with Gasteiger partial charge in [0, 0.05) is 6.20 Å². The van der Waals surface area contributed by atoms with E-state index in [1.54, 1.807) is 18.3 Å². The smallest absolute Gasteiger partial charge is 0.411 e. The maximum atomic E-state index is 13.1. The highest BCUT2D eigenvalue weighted by molar-refractivity contribution is 6.04. The van der Waals surface area contributed by atoms with Gasteiger partial charge in [-0.05, 0) is 38.0 Å². The van der Waals surface area contributed by atoms with E-state index in [2.05, 4.69) is 11.9 Å². The number of amides is 2. The molecule has 2 amide bonds. The molecule has 2 rings (SSSR count). The molecule has 1 aliphatic heterocycles. The second-order valence-electron chi connectivity index (χ2n) is 6.11. The second-order valence-corrected chi connectivity index (χ2v) is 6.11. The van der Waals surface area contributed by atoms with Gasteiger partial charge in [-0.15, -0.1) is 0 Å². The fraction of sp³-hybridized carbons (Fsp3) is 0.368. The van der Waals surface area contributed by atoms with Crippen LogP contribution < -0.4 is 10.1 Å². The summed E-state index contributed by atoms with van der Waals surface area (Å²) in [6.45, 7) is 7.11. The van der Waals surface area contributed by atoms with Gasteiger partial charge in [0.2, 0.25) is 0 Å². The summed E-state index contributed by atoms with van der Waals surface area (Å²) in [5.41, 5.74) is 2.33. The molecule has 0 radical (unpaired) electrons. The minimum Gasteiger partial charge on any atom is -0.496 e. The number of aliphatic hydroxyl groups excluding tert-OH is 1. The summed E-state index contributed by atoms with van der Waals surface area (Å²) < 4.78 is 10.2. The maximum Gasteiger partial charge on any atom is 0.411 e. The molecule has 0 unspecified atom stereocenters. The van der Waals surface area contributed by atoms with Crippen LogP contribution in [-0.2, 0) is 4.74 Å². The van der Waals surface area contributed by atoms with Crippen LogP contribution in [-0.4, -0.2) is 48.4 Å². The molecular weight excluding hydrogens is 336 g/mol. The van der Waals surface area contributed by atoms with Gasteiger partial charge in [0.05, 0.1) is 31.0 Å². The molecular formula is C19H24N2O5. The van der Waals surface area contributed by atoms with Crippen molar-refractivity contribution in [1.82, 2.24) is 4.90 Å². The Morgan fingerprint density at radius 1 is 1.42 bits per heavy atom. The normalized spacial score (nSPS) is 16.1. The molecule has 0 aliphatic carbocycles. The molecule has 1 atom stereocenters. The van der Waals surface area contributed by atoms with Crippen molar-refractivity contribution >= 4 is 17.7 Å². The minimum absolute atomic E-state index is 0.0604. The first kappa shape index (κ1) is 19.5. The molecule has 0 bridgehead atoms. The Hall–Kier alpha value is -2.80. The van der Waals surface area contributed by atoms with Gasteiger partial charge >= 0.3 is 6.09 Å². The van der Waals surface area contributed by atoms with Crippen molar-refractivity contribution in [2.45, 2.75) is 26.3 Å². The van der Waals surface area contributed by atoms with Crippen molar-refractivity contribution in [2.24, 2.45) is 0 Å². The zero-order chi connectivity index (χ0) is 19.3. The van der Waals surface area contributed by atoms with E-state index in [1.165, 1.54) is 18.1 Å². The zero-order valence-corrected chi connectivity index (χ0v) is 15.2. The third kappa shape index (κ3) is 4.23. The topological polar surface area (TPSA) is 88.1 Å². The van der Waals surface area contributed by atoms with E-state index in [0.29, 0.717) is 17.9 Å². The fourth-order valence-corrected chi connectivity index (χ4v) is 2.85. The zero-order valence-electron chi connectivity index (χ0n) is 15.2. The molecule has 26 heavy (non-hydrogen) atoms. The molecule has 140 valence electrons. The summed E-state index contributed by atoms with van der Waals surface area (Å²) in [6.07, 6.45) is 3.09. The quantitative estimate of drug-likeness (QED) is 0.762. The Kier molecular flexibility index (Phi) is 6.41. The van der Waals surface area contributed by atoms with Crippen LogP contribution >= 0.6 is 0 Å². The SMILES string of the molecule is C=CCOC(=O)Nc1cc(C)c(OC)cc1C(=O)N1C=C(C)C[C@H]1CO. The van der Waals surface area contributed by atoms with E-state index < -0.39 is 6.09 Å². The third-order valence-corrected chi connectivity index (χ3v) is 4.09. The number of rotatable bonds is 6. The van der Waals surface area contributed by atoms with E-state index in [4.69, 9.17) is 9.47 Å². The maximum absolute atomic E-state index is 13.1. The van der Waals surface area contributed by atoms with Crippen molar-refractivity contribution in [3.8, 4) is 5.75 Å². The van der Waals surface area contributed by atoms with E-state index in [-0.39, 0.29) is 30.7 Å². The number of hydrogen-bond donors (Lipinski definition) is 2. The highest BCUT2D eigenvalue weighted by Gasteiger charge is 2.30. The van der Waals surface area contributed by atoms with Crippen LogP contribution in [0.3, 0.4) is 0 Å². The number of aryl methyl sites for hydroxylation is 1. The molecule has 1 aromatic carbocycles. The first-order chi connectivity index (χ1) is 12.4. The lowest BCUT2D eigenvalue weighted by Gasteiger charge is -2.24. The summed E-state index contributed by atoms with van der Waals surface area (Å²) >= 11 is 0. The van der Waals surface area contributed by atoms with Crippen molar-refractivity contribution < 1.29 is 24.2 Å². The van der Waals surface area contributed by atoms with Crippen molar-refractivity contribution in [1.29, 1.82) is 0 Å². The lowest BCUT2D eigenvalue weighted by atomic mass is 10.1. The van der Waals surface area contributed by atoms with Crippen molar-refractivity contribution in [3.05, 3.63) is 47.7 Å². The van der Waals surface area contributed by atoms with Crippen LogP contribution in [0.4, 0.5) is 10.5 Å². The standard InChI is InChI=1S/C19H24N2O5/c1-5-6-26-19(24)20-16-8-13(3)17(25-4)9-15(16)18(23)21-10-12(2)7-14(21)11-22/h5,8-10,14,22H,1,6-7,11H2,2-4H3,(H,20,24)/t14-/m0/s1. The number of aliphatic hydroxyl groups is 1. The monoisotopic (exact) mass is 360 g/mol. The second kappa shape index (κ2) is 8.53. The Morgan fingerprint density at radius 2 is 2.15 bits per heavy atom. The molecule has 0 fully saturated rings. The Morgan fingerprint density at radius 3 is 2.77 bits per heavy atom. The summed E-state index contributed by atoms with van der Waals surface area (Å²) in [5.74, 6) is 0.192. The van der Waals surface area contributed by atoms with Gasteiger partial charge in [-0.1, -0.05) is 18.2 Å².